The number of Topliss-reactive ketones (excluding diaryl/α,β-unsaturated/α-hetero) is 1. The van der Waals surface area contributed by atoms with Crippen molar-refractivity contribution in [2.75, 3.05) is 13.9 Å². The highest BCUT2D eigenvalue weighted by Gasteiger charge is 2.67. The highest BCUT2D eigenvalue weighted by atomic mass is 16.7. The molecule has 0 heterocycles. The molecule has 3 fully saturated rings. The Morgan fingerprint density at radius 2 is 1.97 bits per heavy atom. The summed E-state index contributed by atoms with van der Waals surface area (Å²) in [6.45, 7) is 11.4. The third-order valence-electron chi connectivity index (χ3n) is 9.14. The molecule has 0 aliphatic heterocycles. The number of ether oxygens (including phenoxy) is 2. The number of aliphatic hydroxyl groups is 1. The SMILES string of the molecule is CCCC=C[C@]1(C)C[C@@H](O)[C@@]2(C)C3C(=O)CCC3(CC[C@H]2C)[C@@H](C)[C@@H]1OCOC. The Balaban J connectivity index is 2.13. The summed E-state index contributed by atoms with van der Waals surface area (Å²) in [5.74, 6) is 0.858. The molecule has 4 nitrogen and oxygen atoms in total. The number of aliphatic hydroxyl groups excluding tert-OH is 1. The molecule has 0 saturated heterocycles. The summed E-state index contributed by atoms with van der Waals surface area (Å²) >= 11 is 0. The van der Waals surface area contributed by atoms with Gasteiger partial charge in [0.05, 0.1) is 12.2 Å². The fraction of sp³-hybridized carbons (Fsp3) is 0.880. The Labute approximate surface area is 177 Å². The molecule has 0 amide bonds. The zero-order valence-electron chi connectivity index (χ0n) is 19.4. The Morgan fingerprint density at radius 3 is 2.62 bits per heavy atom. The van der Waals surface area contributed by atoms with E-state index in [9.17, 15) is 9.90 Å². The predicted octanol–water partition coefficient (Wildman–Crippen LogP) is 5.14. The highest BCUT2D eigenvalue weighted by Crippen LogP contribution is 2.67. The van der Waals surface area contributed by atoms with E-state index in [2.05, 4.69) is 46.8 Å². The molecule has 29 heavy (non-hydrogen) atoms. The standard InChI is InChI=1S/C25H42O4/c1-7-8-9-12-23(4)15-20(27)24(5)17(2)10-13-25(14-11-19(26)21(24)25)18(3)22(23)29-16-28-6/h9,12,17-18,20-22,27H,7-8,10-11,13-16H2,1-6H3/t17-,18+,20-,21?,22+,23-,24+,25?/m1/s1. The first-order valence-corrected chi connectivity index (χ1v) is 11.7. The highest BCUT2D eigenvalue weighted by molar-refractivity contribution is 5.85. The van der Waals surface area contributed by atoms with E-state index in [1.165, 1.54) is 0 Å². The summed E-state index contributed by atoms with van der Waals surface area (Å²) in [7, 11) is 1.66. The normalized spacial score (nSPS) is 47.8. The van der Waals surface area contributed by atoms with Gasteiger partial charge >= 0.3 is 0 Å². The summed E-state index contributed by atoms with van der Waals surface area (Å²) in [4.78, 5) is 13.2. The molecule has 4 heteroatoms. The molecular weight excluding hydrogens is 364 g/mol. The molecule has 3 rings (SSSR count). The van der Waals surface area contributed by atoms with Crippen LogP contribution in [0.15, 0.2) is 12.2 Å². The number of unbranched alkanes of at least 4 members (excludes halogenated alkanes) is 1. The van der Waals surface area contributed by atoms with E-state index in [1.807, 2.05) is 0 Å². The van der Waals surface area contributed by atoms with Crippen LogP contribution in [0.3, 0.4) is 0 Å². The molecular formula is C25H42O4. The van der Waals surface area contributed by atoms with Crippen molar-refractivity contribution >= 4 is 5.78 Å². The van der Waals surface area contributed by atoms with Gasteiger partial charge in [-0.05, 0) is 49.4 Å². The monoisotopic (exact) mass is 406 g/mol. The lowest BCUT2D eigenvalue weighted by Crippen LogP contribution is -2.62. The maximum Gasteiger partial charge on any atom is 0.146 e. The fourth-order valence-electron chi connectivity index (χ4n) is 7.30. The van der Waals surface area contributed by atoms with Crippen molar-refractivity contribution in [2.24, 2.45) is 34.0 Å². The minimum Gasteiger partial charge on any atom is -0.392 e. The lowest BCUT2D eigenvalue weighted by Gasteiger charge is -2.62. The van der Waals surface area contributed by atoms with Gasteiger partial charge in [-0.2, -0.15) is 0 Å². The van der Waals surface area contributed by atoms with E-state index < -0.39 is 6.10 Å². The van der Waals surface area contributed by atoms with E-state index in [4.69, 9.17) is 9.47 Å². The van der Waals surface area contributed by atoms with Gasteiger partial charge in [0.15, 0.2) is 0 Å². The third-order valence-corrected chi connectivity index (χ3v) is 9.14. The molecule has 0 aromatic heterocycles. The second-order valence-corrected chi connectivity index (χ2v) is 10.6. The summed E-state index contributed by atoms with van der Waals surface area (Å²) in [6, 6.07) is 0. The molecule has 166 valence electrons. The lowest BCUT2D eigenvalue weighted by atomic mass is 9.44. The second-order valence-electron chi connectivity index (χ2n) is 10.6. The van der Waals surface area contributed by atoms with Crippen LogP contribution in [0, 0.1) is 34.0 Å². The van der Waals surface area contributed by atoms with Crippen LogP contribution in [0.5, 0.6) is 0 Å². The number of carbonyl (C=O) groups is 1. The number of allylic oxidation sites excluding steroid dienone is 1. The molecule has 0 aromatic rings. The first-order valence-electron chi connectivity index (χ1n) is 11.7. The van der Waals surface area contributed by atoms with Crippen molar-refractivity contribution in [3.63, 3.8) is 0 Å². The minimum atomic E-state index is -0.526. The molecule has 3 aliphatic rings. The summed E-state index contributed by atoms with van der Waals surface area (Å²) in [5, 5.41) is 11.7. The Bertz CT molecular complexity index is 630. The number of rotatable bonds is 6. The Kier molecular flexibility index (Phi) is 6.68. The molecule has 0 aromatic carbocycles. The minimum absolute atomic E-state index is 0.0680. The Hall–Kier alpha value is -0.710. The maximum absolute atomic E-state index is 13.2. The van der Waals surface area contributed by atoms with Crippen molar-refractivity contribution < 1.29 is 19.4 Å². The zero-order valence-corrected chi connectivity index (χ0v) is 19.4. The molecule has 2 bridgehead atoms. The van der Waals surface area contributed by atoms with Crippen molar-refractivity contribution in [3.05, 3.63) is 12.2 Å². The predicted molar refractivity (Wildman–Crippen MR) is 115 cm³/mol. The van der Waals surface area contributed by atoms with Crippen LogP contribution in [0.25, 0.3) is 0 Å². The van der Waals surface area contributed by atoms with Crippen LogP contribution in [0.2, 0.25) is 0 Å². The van der Waals surface area contributed by atoms with Crippen LogP contribution in [0.1, 0.15) is 79.6 Å². The van der Waals surface area contributed by atoms with Crippen LogP contribution in [0.4, 0.5) is 0 Å². The number of carbonyl (C=O) groups excluding carboxylic acids is 1. The van der Waals surface area contributed by atoms with Gasteiger partial charge in [-0.25, -0.2) is 0 Å². The topological polar surface area (TPSA) is 55.8 Å². The largest absolute Gasteiger partial charge is 0.392 e. The Morgan fingerprint density at radius 1 is 1.24 bits per heavy atom. The van der Waals surface area contributed by atoms with Gasteiger partial charge in [-0.1, -0.05) is 53.2 Å². The van der Waals surface area contributed by atoms with Crippen LogP contribution in [-0.2, 0) is 14.3 Å². The number of methoxy groups -OCH3 is 1. The van der Waals surface area contributed by atoms with E-state index in [0.29, 0.717) is 24.5 Å². The van der Waals surface area contributed by atoms with Gasteiger partial charge in [0.1, 0.15) is 12.6 Å². The second kappa shape index (κ2) is 8.43. The van der Waals surface area contributed by atoms with Gasteiger partial charge in [0.2, 0.25) is 0 Å². The smallest absolute Gasteiger partial charge is 0.146 e. The van der Waals surface area contributed by atoms with E-state index in [1.54, 1.807) is 7.11 Å². The summed E-state index contributed by atoms with van der Waals surface area (Å²) in [5.41, 5.74) is -0.751. The average Bonchev–Trinajstić information content (AvgIpc) is 3.03. The van der Waals surface area contributed by atoms with Gasteiger partial charge in [0, 0.05) is 30.3 Å². The molecule has 8 atom stereocenters. The molecule has 3 saturated carbocycles. The van der Waals surface area contributed by atoms with Gasteiger partial charge < -0.3 is 14.6 Å². The average molecular weight is 407 g/mol. The summed E-state index contributed by atoms with van der Waals surface area (Å²) in [6.07, 6.45) is 10.4. The molecule has 0 radical (unpaired) electrons. The van der Waals surface area contributed by atoms with E-state index in [-0.39, 0.29) is 41.0 Å². The van der Waals surface area contributed by atoms with Crippen molar-refractivity contribution in [3.8, 4) is 0 Å². The van der Waals surface area contributed by atoms with Crippen molar-refractivity contribution in [2.45, 2.75) is 91.8 Å². The maximum atomic E-state index is 13.2. The van der Waals surface area contributed by atoms with Crippen molar-refractivity contribution in [1.29, 1.82) is 0 Å². The lowest BCUT2D eigenvalue weighted by molar-refractivity contribution is -0.214. The third kappa shape index (κ3) is 3.53. The van der Waals surface area contributed by atoms with Crippen LogP contribution in [-0.4, -0.2) is 37.0 Å². The first-order chi connectivity index (χ1) is 13.7. The van der Waals surface area contributed by atoms with Gasteiger partial charge in [-0.3, -0.25) is 4.79 Å². The number of hydrogen-bond donors (Lipinski definition) is 1. The molecule has 3 aliphatic carbocycles. The van der Waals surface area contributed by atoms with Crippen LogP contribution >= 0.6 is 0 Å². The van der Waals surface area contributed by atoms with Gasteiger partial charge in [0.25, 0.3) is 0 Å². The summed E-state index contributed by atoms with van der Waals surface area (Å²) < 4.78 is 11.7. The van der Waals surface area contributed by atoms with E-state index >= 15 is 0 Å². The fourth-order valence-corrected chi connectivity index (χ4v) is 7.30. The number of ketones is 1. The molecule has 2 unspecified atom stereocenters. The van der Waals surface area contributed by atoms with Crippen LogP contribution < -0.4 is 0 Å². The van der Waals surface area contributed by atoms with E-state index in [0.717, 1.165) is 32.1 Å². The van der Waals surface area contributed by atoms with Gasteiger partial charge in [-0.15, -0.1) is 0 Å². The zero-order chi connectivity index (χ0) is 21.4. The number of hydrogen-bond acceptors (Lipinski definition) is 4. The molecule has 1 N–H and O–H groups in total. The first kappa shape index (κ1) is 23.0. The quantitative estimate of drug-likeness (QED) is 0.490. The van der Waals surface area contributed by atoms with Crippen molar-refractivity contribution in [1.82, 2.24) is 0 Å². The molecule has 0 spiro atoms.